The van der Waals surface area contributed by atoms with Gasteiger partial charge >= 0.3 is 0 Å². The van der Waals surface area contributed by atoms with Crippen molar-refractivity contribution in [2.75, 3.05) is 0 Å². The summed E-state index contributed by atoms with van der Waals surface area (Å²) in [5, 5.41) is 7.90. The summed E-state index contributed by atoms with van der Waals surface area (Å²) in [5.41, 5.74) is 1.41. The van der Waals surface area contributed by atoms with E-state index in [0.29, 0.717) is 6.04 Å². The molecule has 0 spiro atoms. The summed E-state index contributed by atoms with van der Waals surface area (Å²) in [6.45, 7) is 5.56. The Morgan fingerprint density at radius 3 is 2.93 bits per heavy atom. The molecule has 0 fully saturated rings. The summed E-state index contributed by atoms with van der Waals surface area (Å²) in [5.74, 6) is 0. The minimum atomic E-state index is 0.654. The van der Waals surface area contributed by atoms with Crippen molar-refractivity contribution < 1.29 is 0 Å². The largest absolute Gasteiger partial charge is 0.310 e. The first-order chi connectivity index (χ1) is 6.83. The van der Waals surface area contributed by atoms with E-state index in [1.54, 1.807) is 11.3 Å². The Morgan fingerprint density at radius 1 is 1.43 bits per heavy atom. The van der Waals surface area contributed by atoms with Crippen LogP contribution in [0.15, 0.2) is 16.8 Å². The van der Waals surface area contributed by atoms with Gasteiger partial charge < -0.3 is 5.32 Å². The number of rotatable bonds is 7. The number of hydrogen-bond acceptors (Lipinski definition) is 2. The Labute approximate surface area is 91.5 Å². The molecule has 0 saturated carbocycles. The molecule has 14 heavy (non-hydrogen) atoms. The molecule has 1 N–H and O–H groups in total. The average molecular weight is 211 g/mol. The van der Waals surface area contributed by atoms with E-state index in [1.807, 2.05) is 0 Å². The summed E-state index contributed by atoms with van der Waals surface area (Å²) in [6, 6.07) is 2.85. The van der Waals surface area contributed by atoms with Gasteiger partial charge in [-0.15, -0.1) is 0 Å². The summed E-state index contributed by atoms with van der Waals surface area (Å²) in [7, 11) is 0. The van der Waals surface area contributed by atoms with Crippen LogP contribution in [0.25, 0.3) is 0 Å². The van der Waals surface area contributed by atoms with Crippen LogP contribution in [0.5, 0.6) is 0 Å². The minimum absolute atomic E-state index is 0.654. The van der Waals surface area contributed by atoms with Gasteiger partial charge in [0.2, 0.25) is 0 Å². The zero-order chi connectivity index (χ0) is 10.2. The van der Waals surface area contributed by atoms with Crippen molar-refractivity contribution in [3.8, 4) is 0 Å². The van der Waals surface area contributed by atoms with E-state index in [1.165, 1.54) is 31.2 Å². The molecular formula is C12H21NS. The molecule has 0 aromatic carbocycles. The second kappa shape index (κ2) is 7.02. The third-order valence-electron chi connectivity index (χ3n) is 2.48. The molecule has 0 amide bonds. The van der Waals surface area contributed by atoms with Crippen LogP contribution in [0, 0.1) is 0 Å². The lowest BCUT2D eigenvalue weighted by molar-refractivity contribution is 0.487. The SMILES string of the molecule is CCCCCC(C)NCc1ccsc1. The maximum absolute atomic E-state index is 3.55. The molecule has 1 aromatic rings. The van der Waals surface area contributed by atoms with E-state index >= 15 is 0 Å². The predicted octanol–water partition coefficient (Wildman–Crippen LogP) is 3.81. The Morgan fingerprint density at radius 2 is 2.29 bits per heavy atom. The Hall–Kier alpha value is -0.340. The molecule has 0 saturated heterocycles. The van der Waals surface area contributed by atoms with Gasteiger partial charge in [0.1, 0.15) is 0 Å². The molecule has 1 heterocycles. The van der Waals surface area contributed by atoms with Crippen molar-refractivity contribution in [1.82, 2.24) is 5.32 Å². The lowest BCUT2D eigenvalue weighted by atomic mass is 10.1. The summed E-state index contributed by atoms with van der Waals surface area (Å²) in [6.07, 6.45) is 5.34. The molecule has 0 bridgehead atoms. The Bertz CT molecular complexity index is 218. The molecule has 1 unspecified atom stereocenters. The van der Waals surface area contributed by atoms with Gasteiger partial charge in [0.05, 0.1) is 0 Å². The first-order valence-corrected chi connectivity index (χ1v) is 6.51. The number of nitrogens with one attached hydrogen (secondary N) is 1. The molecule has 0 aliphatic carbocycles. The van der Waals surface area contributed by atoms with Crippen molar-refractivity contribution in [1.29, 1.82) is 0 Å². The average Bonchev–Trinajstić information content (AvgIpc) is 2.68. The Kier molecular flexibility index (Phi) is 5.88. The third kappa shape index (κ3) is 4.77. The van der Waals surface area contributed by atoms with Gasteiger partial charge in [-0.25, -0.2) is 0 Å². The molecule has 0 aliphatic rings. The van der Waals surface area contributed by atoms with E-state index in [2.05, 4.69) is 36.0 Å². The number of hydrogen-bond donors (Lipinski definition) is 1. The van der Waals surface area contributed by atoms with Crippen molar-refractivity contribution in [2.45, 2.75) is 52.1 Å². The molecule has 1 nitrogen and oxygen atoms in total. The fourth-order valence-electron chi connectivity index (χ4n) is 1.49. The fraction of sp³-hybridized carbons (Fsp3) is 0.667. The highest BCUT2D eigenvalue weighted by Crippen LogP contribution is 2.07. The molecule has 1 atom stereocenters. The van der Waals surface area contributed by atoms with E-state index < -0.39 is 0 Å². The summed E-state index contributed by atoms with van der Waals surface area (Å²) < 4.78 is 0. The highest BCUT2D eigenvalue weighted by molar-refractivity contribution is 7.07. The van der Waals surface area contributed by atoms with Crippen molar-refractivity contribution in [3.05, 3.63) is 22.4 Å². The molecule has 1 aromatic heterocycles. The van der Waals surface area contributed by atoms with Crippen LogP contribution < -0.4 is 5.32 Å². The maximum Gasteiger partial charge on any atom is 0.0216 e. The van der Waals surface area contributed by atoms with Gasteiger partial charge in [0.15, 0.2) is 0 Å². The lowest BCUT2D eigenvalue weighted by Crippen LogP contribution is -2.24. The highest BCUT2D eigenvalue weighted by atomic mass is 32.1. The molecule has 0 radical (unpaired) electrons. The summed E-state index contributed by atoms with van der Waals surface area (Å²) in [4.78, 5) is 0. The number of unbranched alkanes of at least 4 members (excludes halogenated alkanes) is 2. The van der Waals surface area contributed by atoms with Gasteiger partial charge in [-0.3, -0.25) is 0 Å². The molecule has 0 aliphatic heterocycles. The van der Waals surface area contributed by atoms with Crippen LogP contribution in [-0.2, 0) is 6.54 Å². The first-order valence-electron chi connectivity index (χ1n) is 5.57. The van der Waals surface area contributed by atoms with Crippen molar-refractivity contribution in [2.24, 2.45) is 0 Å². The zero-order valence-corrected chi connectivity index (χ0v) is 10.1. The lowest BCUT2D eigenvalue weighted by Gasteiger charge is -2.12. The second-order valence-corrected chi connectivity index (χ2v) is 4.69. The molecular weight excluding hydrogens is 190 g/mol. The van der Waals surface area contributed by atoms with Crippen LogP contribution in [0.3, 0.4) is 0 Å². The number of thiophene rings is 1. The van der Waals surface area contributed by atoms with Crippen LogP contribution in [-0.4, -0.2) is 6.04 Å². The fourth-order valence-corrected chi connectivity index (χ4v) is 2.16. The van der Waals surface area contributed by atoms with Crippen molar-refractivity contribution in [3.63, 3.8) is 0 Å². The van der Waals surface area contributed by atoms with Crippen LogP contribution in [0.4, 0.5) is 0 Å². The molecule has 80 valence electrons. The normalized spacial score (nSPS) is 13.0. The van der Waals surface area contributed by atoms with E-state index in [9.17, 15) is 0 Å². The molecule has 2 heteroatoms. The topological polar surface area (TPSA) is 12.0 Å². The standard InChI is InChI=1S/C12H21NS/c1-3-4-5-6-11(2)13-9-12-7-8-14-10-12/h7-8,10-11,13H,3-6,9H2,1-2H3. The quantitative estimate of drug-likeness (QED) is 0.676. The van der Waals surface area contributed by atoms with Crippen LogP contribution in [0.1, 0.15) is 45.1 Å². The van der Waals surface area contributed by atoms with E-state index in [-0.39, 0.29) is 0 Å². The minimum Gasteiger partial charge on any atom is -0.310 e. The smallest absolute Gasteiger partial charge is 0.0216 e. The third-order valence-corrected chi connectivity index (χ3v) is 3.21. The predicted molar refractivity (Wildman–Crippen MR) is 64.8 cm³/mol. The Balaban J connectivity index is 2.06. The van der Waals surface area contributed by atoms with Gasteiger partial charge in [0, 0.05) is 12.6 Å². The van der Waals surface area contributed by atoms with E-state index in [0.717, 1.165) is 6.54 Å². The van der Waals surface area contributed by atoms with Gasteiger partial charge in [0.25, 0.3) is 0 Å². The zero-order valence-electron chi connectivity index (χ0n) is 9.25. The van der Waals surface area contributed by atoms with Gasteiger partial charge in [-0.05, 0) is 35.7 Å². The highest BCUT2D eigenvalue weighted by Gasteiger charge is 2.00. The van der Waals surface area contributed by atoms with Gasteiger partial charge in [-0.2, -0.15) is 11.3 Å². The second-order valence-electron chi connectivity index (χ2n) is 3.91. The van der Waals surface area contributed by atoms with Gasteiger partial charge in [-0.1, -0.05) is 26.2 Å². The maximum atomic E-state index is 3.55. The van der Waals surface area contributed by atoms with Crippen LogP contribution >= 0.6 is 11.3 Å². The molecule has 1 rings (SSSR count). The van der Waals surface area contributed by atoms with Crippen LogP contribution in [0.2, 0.25) is 0 Å². The first kappa shape index (κ1) is 11.7. The monoisotopic (exact) mass is 211 g/mol. The van der Waals surface area contributed by atoms with Crippen molar-refractivity contribution >= 4 is 11.3 Å². The van der Waals surface area contributed by atoms with E-state index in [4.69, 9.17) is 0 Å². The summed E-state index contributed by atoms with van der Waals surface area (Å²) >= 11 is 1.77.